The van der Waals surface area contributed by atoms with Crippen LogP contribution >= 0.6 is 0 Å². The van der Waals surface area contributed by atoms with E-state index in [1.54, 1.807) is 6.08 Å². The number of ether oxygens (including phenoxy) is 2. The second-order valence-corrected chi connectivity index (χ2v) is 2.27. The molecule has 1 aliphatic heterocycles. The van der Waals surface area contributed by atoms with Crippen molar-refractivity contribution in [1.82, 2.24) is 0 Å². The van der Waals surface area contributed by atoms with Crippen LogP contribution < -0.4 is 0 Å². The van der Waals surface area contributed by atoms with E-state index in [1.807, 2.05) is 0 Å². The maximum Gasteiger partial charge on any atom is 0.109 e. The van der Waals surface area contributed by atoms with E-state index in [9.17, 15) is 0 Å². The average Bonchev–Trinajstić information content (AvgIpc) is 2.31. The van der Waals surface area contributed by atoms with Crippen molar-refractivity contribution in [2.45, 2.75) is 12.2 Å². The Morgan fingerprint density at radius 1 is 1.70 bits per heavy atom. The Bertz CT molecular complexity index is 113. The molecule has 1 saturated heterocycles. The van der Waals surface area contributed by atoms with Crippen molar-refractivity contribution in [3.05, 3.63) is 12.7 Å². The molecule has 1 heterocycles. The van der Waals surface area contributed by atoms with Gasteiger partial charge in [-0.3, -0.25) is 0 Å². The third kappa shape index (κ3) is 1.80. The van der Waals surface area contributed by atoms with Gasteiger partial charge in [-0.1, -0.05) is 6.08 Å². The molecule has 0 amide bonds. The summed E-state index contributed by atoms with van der Waals surface area (Å²) in [4.78, 5) is 0. The van der Waals surface area contributed by atoms with Crippen LogP contribution in [0.4, 0.5) is 0 Å². The summed E-state index contributed by atoms with van der Waals surface area (Å²) >= 11 is 0. The summed E-state index contributed by atoms with van der Waals surface area (Å²) in [6, 6.07) is 0. The van der Waals surface area contributed by atoms with Crippen LogP contribution in [-0.4, -0.2) is 37.1 Å². The van der Waals surface area contributed by atoms with E-state index in [4.69, 9.17) is 14.6 Å². The molecule has 3 nitrogen and oxygen atoms in total. The molecule has 0 aliphatic carbocycles. The fraction of sp³-hybridized carbons (Fsp3) is 0.714. The van der Waals surface area contributed by atoms with Gasteiger partial charge in [-0.05, 0) is 0 Å². The molecule has 0 bridgehead atoms. The van der Waals surface area contributed by atoms with Crippen LogP contribution in [0, 0.1) is 0 Å². The lowest BCUT2D eigenvalue weighted by Gasteiger charge is -2.10. The maximum atomic E-state index is 9.13. The molecule has 1 rings (SSSR count). The van der Waals surface area contributed by atoms with E-state index in [1.165, 1.54) is 0 Å². The molecule has 0 aromatic carbocycles. The molecule has 0 spiro atoms. The van der Waals surface area contributed by atoms with Crippen LogP contribution in [0.1, 0.15) is 0 Å². The minimum atomic E-state index is -0.458. The topological polar surface area (TPSA) is 38.7 Å². The average molecular weight is 144 g/mol. The van der Waals surface area contributed by atoms with Gasteiger partial charge >= 0.3 is 0 Å². The summed E-state index contributed by atoms with van der Waals surface area (Å²) in [5.74, 6) is 0. The number of hydrogen-bond acceptors (Lipinski definition) is 3. The van der Waals surface area contributed by atoms with E-state index in [0.717, 1.165) is 0 Å². The molecule has 2 unspecified atom stereocenters. The summed E-state index contributed by atoms with van der Waals surface area (Å²) in [6.45, 7) is 4.86. The second-order valence-electron chi connectivity index (χ2n) is 2.27. The standard InChI is InChI=1S/C7H12O3/c1-2-3-10-7-5-9-4-6(7)8/h2,6-8H,1,3-5H2. The minimum Gasteiger partial charge on any atom is -0.388 e. The van der Waals surface area contributed by atoms with Crippen molar-refractivity contribution in [2.75, 3.05) is 19.8 Å². The molecule has 1 N–H and O–H groups in total. The lowest BCUT2D eigenvalue weighted by molar-refractivity contribution is 0.00371. The summed E-state index contributed by atoms with van der Waals surface area (Å²) in [7, 11) is 0. The van der Waals surface area contributed by atoms with Crippen molar-refractivity contribution >= 4 is 0 Å². The highest BCUT2D eigenvalue weighted by Gasteiger charge is 2.26. The van der Waals surface area contributed by atoms with Gasteiger partial charge in [-0.15, -0.1) is 6.58 Å². The SMILES string of the molecule is C=CCOC1COCC1O. The van der Waals surface area contributed by atoms with Gasteiger partial charge in [0, 0.05) is 0 Å². The van der Waals surface area contributed by atoms with Gasteiger partial charge < -0.3 is 14.6 Å². The molecule has 58 valence electrons. The zero-order valence-electron chi connectivity index (χ0n) is 5.82. The van der Waals surface area contributed by atoms with Crippen LogP contribution in [-0.2, 0) is 9.47 Å². The maximum absolute atomic E-state index is 9.13. The van der Waals surface area contributed by atoms with E-state index >= 15 is 0 Å². The van der Waals surface area contributed by atoms with Crippen LogP contribution in [0.15, 0.2) is 12.7 Å². The van der Waals surface area contributed by atoms with Gasteiger partial charge in [0.1, 0.15) is 12.2 Å². The fourth-order valence-corrected chi connectivity index (χ4v) is 0.874. The molecule has 2 atom stereocenters. The smallest absolute Gasteiger partial charge is 0.109 e. The van der Waals surface area contributed by atoms with Crippen molar-refractivity contribution in [1.29, 1.82) is 0 Å². The molecule has 0 radical (unpaired) electrons. The van der Waals surface area contributed by atoms with Crippen LogP contribution in [0.2, 0.25) is 0 Å². The van der Waals surface area contributed by atoms with Crippen LogP contribution in [0.5, 0.6) is 0 Å². The predicted molar refractivity (Wildman–Crippen MR) is 36.8 cm³/mol. The number of hydrogen-bond donors (Lipinski definition) is 1. The van der Waals surface area contributed by atoms with E-state index < -0.39 is 6.10 Å². The van der Waals surface area contributed by atoms with Crippen molar-refractivity contribution < 1.29 is 14.6 Å². The highest BCUT2D eigenvalue weighted by molar-refractivity contribution is 4.76. The molecular weight excluding hydrogens is 132 g/mol. The first-order valence-electron chi connectivity index (χ1n) is 3.33. The monoisotopic (exact) mass is 144 g/mol. The molecule has 0 aromatic rings. The van der Waals surface area contributed by atoms with Crippen molar-refractivity contribution in [3.8, 4) is 0 Å². The van der Waals surface area contributed by atoms with Gasteiger partial charge in [0.25, 0.3) is 0 Å². The van der Waals surface area contributed by atoms with Crippen LogP contribution in [0.3, 0.4) is 0 Å². The number of aliphatic hydroxyl groups is 1. The Balaban J connectivity index is 2.19. The first kappa shape index (κ1) is 7.72. The lowest BCUT2D eigenvalue weighted by Crippen LogP contribution is -2.26. The van der Waals surface area contributed by atoms with Gasteiger partial charge in [0.15, 0.2) is 0 Å². The van der Waals surface area contributed by atoms with Crippen molar-refractivity contribution in [2.24, 2.45) is 0 Å². The van der Waals surface area contributed by atoms with Crippen LogP contribution in [0.25, 0.3) is 0 Å². The predicted octanol–water partition coefficient (Wildman–Crippen LogP) is -0.0513. The van der Waals surface area contributed by atoms with Gasteiger partial charge in [-0.2, -0.15) is 0 Å². The third-order valence-corrected chi connectivity index (χ3v) is 1.43. The number of rotatable bonds is 3. The zero-order chi connectivity index (χ0) is 7.40. The molecule has 3 heteroatoms. The van der Waals surface area contributed by atoms with Gasteiger partial charge in [-0.25, -0.2) is 0 Å². The lowest BCUT2D eigenvalue weighted by atomic mass is 10.3. The quantitative estimate of drug-likeness (QED) is 0.564. The Hall–Kier alpha value is -0.380. The Morgan fingerprint density at radius 2 is 2.50 bits per heavy atom. The molecule has 1 aliphatic rings. The summed E-state index contributed by atoms with van der Waals surface area (Å²) in [6.07, 6.45) is 1.04. The molecular formula is C7H12O3. The first-order chi connectivity index (χ1) is 4.84. The Labute approximate surface area is 60.3 Å². The fourth-order valence-electron chi connectivity index (χ4n) is 0.874. The zero-order valence-corrected chi connectivity index (χ0v) is 5.82. The third-order valence-electron chi connectivity index (χ3n) is 1.43. The highest BCUT2D eigenvalue weighted by atomic mass is 16.6. The molecule has 0 aromatic heterocycles. The van der Waals surface area contributed by atoms with E-state index in [-0.39, 0.29) is 6.10 Å². The summed E-state index contributed by atoms with van der Waals surface area (Å²) in [5.41, 5.74) is 0. The van der Waals surface area contributed by atoms with Crippen molar-refractivity contribution in [3.63, 3.8) is 0 Å². The first-order valence-corrected chi connectivity index (χ1v) is 3.33. The minimum absolute atomic E-state index is 0.155. The molecule has 0 saturated carbocycles. The molecule has 10 heavy (non-hydrogen) atoms. The highest BCUT2D eigenvalue weighted by Crippen LogP contribution is 2.08. The van der Waals surface area contributed by atoms with Gasteiger partial charge in [0.2, 0.25) is 0 Å². The number of aliphatic hydroxyl groups excluding tert-OH is 1. The molecule has 1 fully saturated rings. The Morgan fingerprint density at radius 3 is 3.00 bits per heavy atom. The van der Waals surface area contributed by atoms with E-state index in [0.29, 0.717) is 19.8 Å². The second kappa shape index (κ2) is 3.71. The summed E-state index contributed by atoms with van der Waals surface area (Å²) < 4.78 is 10.1. The normalized spacial score (nSPS) is 32.5. The van der Waals surface area contributed by atoms with E-state index in [2.05, 4.69) is 6.58 Å². The van der Waals surface area contributed by atoms with Gasteiger partial charge in [0.05, 0.1) is 19.8 Å². The summed E-state index contributed by atoms with van der Waals surface area (Å²) in [5, 5.41) is 9.13. The largest absolute Gasteiger partial charge is 0.388 e. The Kier molecular flexibility index (Phi) is 2.86.